The lowest BCUT2D eigenvalue weighted by atomic mass is 10.1. The molecule has 0 aromatic heterocycles. The second-order valence-corrected chi connectivity index (χ2v) is 4.71. The van der Waals surface area contributed by atoms with Crippen LogP contribution in [-0.4, -0.2) is 36.6 Å². The summed E-state index contributed by atoms with van der Waals surface area (Å²) in [7, 11) is 0. The van der Waals surface area contributed by atoms with Crippen LogP contribution in [0, 0.1) is 0 Å². The Kier molecular flexibility index (Phi) is 4.33. The van der Waals surface area contributed by atoms with Gasteiger partial charge in [0.2, 0.25) is 5.91 Å². The number of ether oxygens (including phenoxy) is 1. The minimum absolute atomic E-state index is 0.0152. The summed E-state index contributed by atoms with van der Waals surface area (Å²) < 4.78 is 5.53. The van der Waals surface area contributed by atoms with Gasteiger partial charge in [-0.2, -0.15) is 0 Å². The third-order valence-electron chi connectivity index (χ3n) is 3.19. The Balaban J connectivity index is 2.06. The second kappa shape index (κ2) is 5.98. The quantitative estimate of drug-likeness (QED) is 0.859. The maximum atomic E-state index is 12.3. The molecule has 1 heterocycles. The predicted molar refractivity (Wildman–Crippen MR) is 70.0 cm³/mol. The normalized spacial score (nSPS) is 22.3. The molecular weight excluding hydrogens is 228 g/mol. The molecule has 0 saturated carbocycles. The predicted octanol–water partition coefficient (Wildman–Crippen LogP) is 1.32. The maximum absolute atomic E-state index is 12.3. The van der Waals surface area contributed by atoms with Crippen LogP contribution in [-0.2, 0) is 9.53 Å². The van der Waals surface area contributed by atoms with Gasteiger partial charge in [-0.25, -0.2) is 0 Å². The van der Waals surface area contributed by atoms with Crippen molar-refractivity contribution in [3.8, 4) is 0 Å². The molecular formula is C14H20N2O2. The Labute approximate surface area is 108 Å². The molecule has 2 rings (SSSR count). The van der Waals surface area contributed by atoms with Crippen molar-refractivity contribution in [1.29, 1.82) is 0 Å². The monoisotopic (exact) mass is 248 g/mol. The first kappa shape index (κ1) is 13.1. The SMILES string of the molecule is CC1CN(C(=O)[C@H](N)c2ccccc2)CCCO1. The average Bonchev–Trinajstić information content (AvgIpc) is 2.63. The van der Waals surface area contributed by atoms with Gasteiger partial charge in [0.05, 0.1) is 6.10 Å². The first-order chi connectivity index (χ1) is 8.68. The van der Waals surface area contributed by atoms with E-state index in [0.717, 1.165) is 18.5 Å². The molecule has 1 aromatic carbocycles. The van der Waals surface area contributed by atoms with Crippen molar-refractivity contribution < 1.29 is 9.53 Å². The molecule has 0 aliphatic carbocycles. The fraction of sp³-hybridized carbons (Fsp3) is 0.500. The fourth-order valence-electron chi connectivity index (χ4n) is 2.19. The van der Waals surface area contributed by atoms with E-state index in [1.54, 1.807) is 0 Å². The van der Waals surface area contributed by atoms with Crippen LogP contribution in [0.1, 0.15) is 24.9 Å². The summed E-state index contributed by atoms with van der Waals surface area (Å²) in [5.74, 6) is -0.0152. The van der Waals surface area contributed by atoms with Crippen LogP contribution in [0.4, 0.5) is 0 Å². The Bertz CT molecular complexity index is 394. The molecule has 2 atom stereocenters. The van der Waals surface area contributed by atoms with Crippen LogP contribution in [0.25, 0.3) is 0 Å². The summed E-state index contributed by atoms with van der Waals surface area (Å²) >= 11 is 0. The molecule has 18 heavy (non-hydrogen) atoms. The third-order valence-corrected chi connectivity index (χ3v) is 3.19. The van der Waals surface area contributed by atoms with Crippen molar-refractivity contribution in [3.63, 3.8) is 0 Å². The Morgan fingerprint density at radius 2 is 2.17 bits per heavy atom. The van der Waals surface area contributed by atoms with E-state index in [-0.39, 0.29) is 12.0 Å². The second-order valence-electron chi connectivity index (χ2n) is 4.71. The molecule has 1 aromatic rings. The fourth-order valence-corrected chi connectivity index (χ4v) is 2.19. The van der Waals surface area contributed by atoms with Crippen molar-refractivity contribution in [2.45, 2.75) is 25.5 Å². The number of carbonyl (C=O) groups is 1. The molecule has 98 valence electrons. The van der Waals surface area contributed by atoms with Gasteiger partial charge in [-0.15, -0.1) is 0 Å². The van der Waals surface area contributed by atoms with Crippen LogP contribution in [0.2, 0.25) is 0 Å². The van der Waals surface area contributed by atoms with E-state index >= 15 is 0 Å². The van der Waals surface area contributed by atoms with E-state index in [2.05, 4.69) is 0 Å². The van der Waals surface area contributed by atoms with Crippen molar-refractivity contribution in [2.24, 2.45) is 5.73 Å². The summed E-state index contributed by atoms with van der Waals surface area (Å²) in [6, 6.07) is 8.92. The van der Waals surface area contributed by atoms with E-state index in [0.29, 0.717) is 13.2 Å². The molecule has 2 N–H and O–H groups in total. The van der Waals surface area contributed by atoms with Crippen LogP contribution in [0.3, 0.4) is 0 Å². The van der Waals surface area contributed by atoms with Gasteiger partial charge in [-0.1, -0.05) is 30.3 Å². The topological polar surface area (TPSA) is 55.6 Å². The average molecular weight is 248 g/mol. The summed E-state index contributed by atoms with van der Waals surface area (Å²) in [6.07, 6.45) is 0.955. The molecule has 0 spiro atoms. The van der Waals surface area contributed by atoms with Crippen LogP contribution < -0.4 is 5.73 Å². The van der Waals surface area contributed by atoms with Gasteiger partial charge in [0, 0.05) is 19.7 Å². The van der Waals surface area contributed by atoms with Gasteiger partial charge >= 0.3 is 0 Å². The van der Waals surface area contributed by atoms with E-state index in [9.17, 15) is 4.79 Å². The van der Waals surface area contributed by atoms with Crippen molar-refractivity contribution in [2.75, 3.05) is 19.7 Å². The molecule has 1 aliphatic rings. The Hall–Kier alpha value is -1.39. The molecule has 1 unspecified atom stereocenters. The van der Waals surface area contributed by atoms with E-state index in [4.69, 9.17) is 10.5 Å². The van der Waals surface area contributed by atoms with E-state index in [1.165, 1.54) is 0 Å². The van der Waals surface area contributed by atoms with E-state index < -0.39 is 6.04 Å². The number of hydrogen-bond donors (Lipinski definition) is 1. The van der Waals surface area contributed by atoms with Crippen molar-refractivity contribution in [1.82, 2.24) is 4.90 Å². The number of benzene rings is 1. The Morgan fingerprint density at radius 1 is 1.44 bits per heavy atom. The number of amides is 1. The van der Waals surface area contributed by atoms with Crippen LogP contribution >= 0.6 is 0 Å². The highest BCUT2D eigenvalue weighted by Gasteiger charge is 2.25. The lowest BCUT2D eigenvalue weighted by molar-refractivity contribution is -0.133. The molecule has 1 saturated heterocycles. The highest BCUT2D eigenvalue weighted by molar-refractivity contribution is 5.83. The lowest BCUT2D eigenvalue weighted by Gasteiger charge is -2.25. The van der Waals surface area contributed by atoms with Gasteiger partial charge in [-0.05, 0) is 18.9 Å². The summed E-state index contributed by atoms with van der Waals surface area (Å²) in [4.78, 5) is 14.2. The third kappa shape index (κ3) is 3.09. The first-order valence-electron chi connectivity index (χ1n) is 6.39. The highest BCUT2D eigenvalue weighted by Crippen LogP contribution is 2.15. The molecule has 1 fully saturated rings. The van der Waals surface area contributed by atoms with Gasteiger partial charge in [0.15, 0.2) is 0 Å². The highest BCUT2D eigenvalue weighted by atomic mass is 16.5. The minimum atomic E-state index is -0.573. The van der Waals surface area contributed by atoms with Crippen molar-refractivity contribution >= 4 is 5.91 Å². The van der Waals surface area contributed by atoms with Crippen LogP contribution in [0.5, 0.6) is 0 Å². The zero-order valence-corrected chi connectivity index (χ0v) is 10.7. The zero-order chi connectivity index (χ0) is 13.0. The smallest absolute Gasteiger partial charge is 0.244 e. The van der Waals surface area contributed by atoms with Crippen molar-refractivity contribution in [3.05, 3.63) is 35.9 Å². The maximum Gasteiger partial charge on any atom is 0.244 e. The van der Waals surface area contributed by atoms with E-state index in [1.807, 2.05) is 42.2 Å². The Morgan fingerprint density at radius 3 is 2.89 bits per heavy atom. The van der Waals surface area contributed by atoms with Gasteiger partial charge < -0.3 is 15.4 Å². The number of carbonyl (C=O) groups excluding carboxylic acids is 1. The molecule has 1 aliphatic heterocycles. The molecule has 1 amide bonds. The van der Waals surface area contributed by atoms with Gasteiger partial charge in [0.25, 0.3) is 0 Å². The summed E-state index contributed by atoms with van der Waals surface area (Å²) in [6.45, 7) is 4.05. The largest absolute Gasteiger partial charge is 0.377 e. The first-order valence-corrected chi connectivity index (χ1v) is 6.39. The number of nitrogens with two attached hydrogens (primary N) is 1. The number of rotatable bonds is 2. The van der Waals surface area contributed by atoms with Gasteiger partial charge in [-0.3, -0.25) is 4.79 Å². The van der Waals surface area contributed by atoms with Gasteiger partial charge in [0.1, 0.15) is 6.04 Å². The van der Waals surface area contributed by atoms with Crippen LogP contribution in [0.15, 0.2) is 30.3 Å². The molecule has 4 heteroatoms. The standard InChI is InChI=1S/C14H20N2O2/c1-11-10-16(8-5-9-18-11)14(17)13(15)12-6-3-2-4-7-12/h2-4,6-7,11,13H,5,8-10,15H2,1H3/t11?,13-/m1/s1. The molecule has 0 bridgehead atoms. The molecule has 4 nitrogen and oxygen atoms in total. The molecule has 0 radical (unpaired) electrons. The summed E-state index contributed by atoms with van der Waals surface area (Å²) in [5.41, 5.74) is 6.90. The summed E-state index contributed by atoms with van der Waals surface area (Å²) in [5, 5.41) is 0. The number of hydrogen-bond acceptors (Lipinski definition) is 3. The lowest BCUT2D eigenvalue weighted by Crippen LogP contribution is -2.41. The zero-order valence-electron chi connectivity index (χ0n) is 10.7. The number of nitrogens with zero attached hydrogens (tertiary/aromatic N) is 1. The minimum Gasteiger partial charge on any atom is -0.377 e.